The van der Waals surface area contributed by atoms with Gasteiger partial charge in [-0.15, -0.1) is 0 Å². The molecule has 3 aliphatic rings. The average molecular weight is 431 g/mol. The third-order valence-corrected chi connectivity index (χ3v) is 6.21. The highest BCUT2D eigenvalue weighted by molar-refractivity contribution is 5.92. The first kappa shape index (κ1) is 22.0. The second-order valence-corrected chi connectivity index (χ2v) is 8.83. The van der Waals surface area contributed by atoms with E-state index in [1.165, 1.54) is 0 Å². The molecule has 0 spiro atoms. The van der Waals surface area contributed by atoms with Gasteiger partial charge >= 0.3 is 0 Å². The first-order valence-corrected chi connectivity index (χ1v) is 11.3. The third-order valence-electron chi connectivity index (χ3n) is 6.21. The molecule has 4 rings (SSSR count). The Morgan fingerprint density at radius 3 is 2.55 bits per heavy atom. The quantitative estimate of drug-likeness (QED) is 0.670. The zero-order valence-corrected chi connectivity index (χ0v) is 18.8. The molecule has 1 aromatic rings. The summed E-state index contributed by atoms with van der Waals surface area (Å²) in [7, 11) is 1.61. The Morgan fingerprint density at radius 1 is 1.13 bits per heavy atom. The van der Waals surface area contributed by atoms with Gasteiger partial charge in [-0.3, -0.25) is 9.69 Å². The number of carbonyl (C=O) groups is 1. The number of fused-ring (bicyclic) bond motifs is 1. The van der Waals surface area contributed by atoms with Crippen molar-refractivity contribution in [1.29, 1.82) is 0 Å². The van der Waals surface area contributed by atoms with Gasteiger partial charge in [-0.1, -0.05) is 0 Å². The number of ether oxygens (including phenoxy) is 4. The molecule has 31 heavy (non-hydrogen) atoms. The Hall–Kier alpha value is -2.25. The minimum absolute atomic E-state index is 0.0564. The van der Waals surface area contributed by atoms with Crippen molar-refractivity contribution in [2.75, 3.05) is 53.0 Å². The first-order valence-electron chi connectivity index (χ1n) is 11.3. The smallest absolute Gasteiger partial charge is 0.246 e. The molecule has 7 heteroatoms. The molecule has 1 aromatic carbocycles. The van der Waals surface area contributed by atoms with Crippen LogP contribution in [0.25, 0.3) is 6.08 Å². The highest BCUT2D eigenvalue weighted by Crippen LogP contribution is 2.40. The lowest BCUT2D eigenvalue weighted by atomic mass is 9.95. The summed E-state index contributed by atoms with van der Waals surface area (Å²) in [5, 5.41) is 0. The zero-order chi connectivity index (χ0) is 21.8. The minimum atomic E-state index is 0.0564. The predicted octanol–water partition coefficient (Wildman–Crippen LogP) is 2.83. The van der Waals surface area contributed by atoms with E-state index in [2.05, 4.69) is 18.7 Å². The molecule has 2 fully saturated rings. The lowest BCUT2D eigenvalue weighted by Crippen LogP contribution is -2.48. The number of carbonyl (C=O) groups excluding carboxylic acids is 1. The van der Waals surface area contributed by atoms with Crippen LogP contribution in [-0.2, 0) is 9.53 Å². The van der Waals surface area contributed by atoms with Crippen molar-refractivity contribution in [3.8, 4) is 17.2 Å². The first-order chi connectivity index (χ1) is 15.0. The maximum Gasteiger partial charge on any atom is 0.246 e. The fourth-order valence-corrected chi connectivity index (χ4v) is 4.80. The molecule has 0 aliphatic carbocycles. The molecule has 0 bridgehead atoms. The van der Waals surface area contributed by atoms with E-state index < -0.39 is 0 Å². The van der Waals surface area contributed by atoms with Crippen molar-refractivity contribution >= 4 is 12.0 Å². The fourth-order valence-electron chi connectivity index (χ4n) is 4.80. The topological polar surface area (TPSA) is 60.5 Å². The van der Waals surface area contributed by atoms with Crippen molar-refractivity contribution in [1.82, 2.24) is 9.80 Å². The molecule has 2 unspecified atom stereocenters. The predicted molar refractivity (Wildman–Crippen MR) is 119 cm³/mol. The molecule has 0 N–H and O–H groups in total. The standard InChI is InChI=1S/C24H34N2O5/c1-17-14-25(15-18(2)31-17)16-19-6-8-26(9-7-19)23(27)5-4-20-12-21(28-3)24-22(13-20)29-10-11-30-24/h4-5,12-13,17-19H,6-11,14-16H2,1-3H3/b5-4+. The van der Waals surface area contributed by atoms with Crippen molar-refractivity contribution in [2.45, 2.75) is 38.9 Å². The summed E-state index contributed by atoms with van der Waals surface area (Å²) >= 11 is 0. The van der Waals surface area contributed by atoms with Gasteiger partial charge in [-0.2, -0.15) is 0 Å². The van der Waals surface area contributed by atoms with E-state index in [9.17, 15) is 4.79 Å². The van der Waals surface area contributed by atoms with Crippen molar-refractivity contribution in [3.05, 3.63) is 23.8 Å². The normalized spacial score (nSPS) is 25.1. The van der Waals surface area contributed by atoms with Crippen molar-refractivity contribution < 1.29 is 23.7 Å². The zero-order valence-electron chi connectivity index (χ0n) is 18.8. The van der Waals surface area contributed by atoms with Crippen molar-refractivity contribution in [3.63, 3.8) is 0 Å². The number of hydrogen-bond acceptors (Lipinski definition) is 6. The van der Waals surface area contributed by atoms with Crippen LogP contribution in [0.2, 0.25) is 0 Å². The van der Waals surface area contributed by atoms with Crippen LogP contribution in [0.4, 0.5) is 0 Å². The van der Waals surface area contributed by atoms with Crippen LogP contribution in [0.3, 0.4) is 0 Å². The Labute approximate surface area is 184 Å². The monoisotopic (exact) mass is 430 g/mol. The number of morpholine rings is 1. The van der Waals surface area contributed by atoms with Gasteiger partial charge in [0.1, 0.15) is 13.2 Å². The van der Waals surface area contributed by atoms with Gasteiger partial charge in [0.25, 0.3) is 0 Å². The van der Waals surface area contributed by atoms with E-state index in [1.807, 2.05) is 23.1 Å². The lowest BCUT2D eigenvalue weighted by Gasteiger charge is -2.39. The number of rotatable bonds is 5. The SMILES string of the molecule is COc1cc(/C=C/C(=O)N2CCC(CN3CC(C)OC(C)C3)CC2)cc2c1OCCO2. The summed E-state index contributed by atoms with van der Waals surface area (Å²) in [6.45, 7) is 10.1. The fraction of sp³-hybridized carbons (Fsp3) is 0.625. The molecule has 0 aromatic heterocycles. The van der Waals surface area contributed by atoms with E-state index in [1.54, 1.807) is 13.2 Å². The molecular weight excluding hydrogens is 396 g/mol. The molecule has 170 valence electrons. The molecule has 3 aliphatic heterocycles. The molecule has 0 saturated carbocycles. The van der Waals surface area contributed by atoms with Crippen LogP contribution in [0.1, 0.15) is 32.3 Å². The number of amides is 1. The lowest BCUT2D eigenvalue weighted by molar-refractivity contribution is -0.127. The highest BCUT2D eigenvalue weighted by Gasteiger charge is 2.27. The number of benzene rings is 1. The van der Waals surface area contributed by atoms with E-state index >= 15 is 0 Å². The van der Waals surface area contributed by atoms with Gasteiger partial charge < -0.3 is 23.8 Å². The molecule has 1 amide bonds. The number of methoxy groups -OCH3 is 1. The van der Waals surface area contributed by atoms with Gasteiger partial charge in [-0.25, -0.2) is 0 Å². The van der Waals surface area contributed by atoms with Crippen LogP contribution < -0.4 is 14.2 Å². The largest absolute Gasteiger partial charge is 0.493 e. The van der Waals surface area contributed by atoms with Crippen molar-refractivity contribution in [2.24, 2.45) is 5.92 Å². The van der Waals surface area contributed by atoms with E-state index in [0.29, 0.717) is 48.6 Å². The summed E-state index contributed by atoms with van der Waals surface area (Å²) in [6, 6.07) is 3.76. The Balaban J connectivity index is 1.30. The average Bonchev–Trinajstić information content (AvgIpc) is 2.76. The van der Waals surface area contributed by atoms with Crippen LogP contribution in [0.5, 0.6) is 17.2 Å². The summed E-state index contributed by atoms with van der Waals surface area (Å²) in [5.41, 5.74) is 0.861. The minimum Gasteiger partial charge on any atom is -0.493 e. The number of hydrogen-bond donors (Lipinski definition) is 0. The second kappa shape index (κ2) is 9.92. The molecule has 2 saturated heterocycles. The van der Waals surface area contributed by atoms with E-state index in [4.69, 9.17) is 18.9 Å². The summed E-state index contributed by atoms with van der Waals surface area (Å²) in [6.07, 6.45) is 6.18. The number of nitrogens with zero attached hydrogens (tertiary/aromatic N) is 2. The Kier molecular flexibility index (Phi) is 7.02. The molecule has 3 heterocycles. The van der Waals surface area contributed by atoms with Crippen LogP contribution in [0.15, 0.2) is 18.2 Å². The molecular formula is C24H34N2O5. The Bertz CT molecular complexity index is 776. The van der Waals surface area contributed by atoms with E-state index in [-0.39, 0.29) is 5.91 Å². The number of likely N-dealkylation sites (tertiary alicyclic amines) is 1. The number of piperidine rings is 1. The van der Waals surface area contributed by atoms with Gasteiger partial charge in [0.05, 0.1) is 19.3 Å². The van der Waals surface area contributed by atoms with Gasteiger partial charge in [-0.05, 0) is 56.4 Å². The van der Waals surface area contributed by atoms with Crippen LogP contribution >= 0.6 is 0 Å². The van der Waals surface area contributed by atoms with Gasteiger partial charge in [0.2, 0.25) is 11.7 Å². The molecule has 0 radical (unpaired) electrons. The Morgan fingerprint density at radius 2 is 1.84 bits per heavy atom. The van der Waals surface area contributed by atoms with E-state index in [0.717, 1.165) is 51.1 Å². The maximum atomic E-state index is 12.7. The summed E-state index contributed by atoms with van der Waals surface area (Å²) < 4.78 is 22.6. The summed E-state index contributed by atoms with van der Waals surface area (Å²) in [4.78, 5) is 17.2. The summed E-state index contributed by atoms with van der Waals surface area (Å²) in [5.74, 6) is 2.61. The van der Waals surface area contributed by atoms with Crippen LogP contribution in [-0.4, -0.2) is 81.0 Å². The second-order valence-electron chi connectivity index (χ2n) is 8.83. The molecule has 2 atom stereocenters. The third kappa shape index (κ3) is 5.52. The van der Waals surface area contributed by atoms with Gasteiger partial charge in [0, 0.05) is 38.8 Å². The van der Waals surface area contributed by atoms with Crippen LogP contribution in [0, 0.1) is 5.92 Å². The highest BCUT2D eigenvalue weighted by atomic mass is 16.6. The maximum absolute atomic E-state index is 12.7. The van der Waals surface area contributed by atoms with Gasteiger partial charge in [0.15, 0.2) is 11.5 Å². The molecule has 7 nitrogen and oxygen atoms in total.